The van der Waals surface area contributed by atoms with E-state index in [0.29, 0.717) is 6.54 Å². The maximum atomic E-state index is 10.6. The number of aliphatic carboxylic acids is 1. The van der Waals surface area contributed by atoms with Crippen LogP contribution in [0, 0.1) is 0 Å². The van der Waals surface area contributed by atoms with Crippen LogP contribution in [0.15, 0.2) is 23.4 Å². The zero-order valence-electron chi connectivity index (χ0n) is 10.2. The molecular weight excluding hydrogens is 252 g/mol. The number of hydrogen-bond donors (Lipinski definition) is 1. The largest absolute Gasteiger partial charge is 0.481 e. The van der Waals surface area contributed by atoms with Gasteiger partial charge in [0.25, 0.3) is 0 Å². The van der Waals surface area contributed by atoms with Crippen molar-refractivity contribution in [3.63, 3.8) is 0 Å². The Labute approximate surface area is 109 Å². The van der Waals surface area contributed by atoms with Gasteiger partial charge >= 0.3 is 5.97 Å². The van der Waals surface area contributed by atoms with E-state index in [1.807, 2.05) is 26.1 Å². The molecule has 0 radical (unpaired) electrons. The van der Waals surface area contributed by atoms with E-state index in [1.54, 1.807) is 15.6 Å². The molecule has 2 rings (SSSR count). The maximum Gasteiger partial charge on any atom is 0.313 e. The second kappa shape index (κ2) is 5.26. The molecule has 0 atom stereocenters. The molecule has 1 N–H and O–H groups in total. The average Bonchev–Trinajstić information content (AvgIpc) is 2.91. The summed E-state index contributed by atoms with van der Waals surface area (Å²) in [5.41, 5.74) is 1.73. The predicted molar refractivity (Wildman–Crippen MR) is 68.5 cm³/mol. The topological polar surface area (TPSA) is 72.9 Å². The third-order valence-corrected chi connectivity index (χ3v) is 3.49. The molecule has 0 aromatic carbocycles. The number of thioether (sulfide) groups is 1. The molecule has 0 aliphatic heterocycles. The number of hydrogen-bond acceptors (Lipinski definition) is 4. The van der Waals surface area contributed by atoms with Crippen molar-refractivity contribution >= 4 is 17.7 Å². The van der Waals surface area contributed by atoms with Crippen LogP contribution in [-0.4, -0.2) is 36.4 Å². The van der Waals surface area contributed by atoms with E-state index in [1.165, 1.54) is 11.8 Å². The summed E-state index contributed by atoms with van der Waals surface area (Å²) in [6.07, 6.45) is 1.71. The lowest BCUT2D eigenvalue weighted by Gasteiger charge is -2.01. The normalized spacial score (nSPS) is 10.8. The number of rotatable bonds is 5. The van der Waals surface area contributed by atoms with Crippen molar-refractivity contribution in [3.05, 3.63) is 18.3 Å². The number of aryl methyl sites for hydroxylation is 2. The second-order valence-corrected chi connectivity index (χ2v) is 4.70. The lowest BCUT2D eigenvalue weighted by Crippen LogP contribution is -2.02. The smallest absolute Gasteiger partial charge is 0.313 e. The third kappa shape index (κ3) is 2.56. The van der Waals surface area contributed by atoms with E-state index in [4.69, 9.17) is 5.11 Å². The predicted octanol–water partition coefficient (Wildman–Crippen LogP) is 1.48. The van der Waals surface area contributed by atoms with Crippen molar-refractivity contribution in [2.24, 2.45) is 7.05 Å². The first-order valence-electron chi connectivity index (χ1n) is 5.52. The molecule has 7 heteroatoms. The molecule has 0 unspecified atom stereocenters. The van der Waals surface area contributed by atoms with Crippen LogP contribution in [0.3, 0.4) is 0 Å². The summed E-state index contributed by atoms with van der Waals surface area (Å²) in [6.45, 7) is 2.69. The van der Waals surface area contributed by atoms with Gasteiger partial charge in [-0.05, 0) is 19.1 Å². The van der Waals surface area contributed by atoms with Gasteiger partial charge < -0.3 is 5.11 Å². The van der Waals surface area contributed by atoms with Gasteiger partial charge in [0.2, 0.25) is 0 Å². The molecular formula is C11H14N4O2S. The van der Waals surface area contributed by atoms with Gasteiger partial charge in [-0.2, -0.15) is 10.2 Å². The van der Waals surface area contributed by atoms with Gasteiger partial charge in [-0.1, -0.05) is 11.8 Å². The van der Waals surface area contributed by atoms with Crippen molar-refractivity contribution in [3.8, 4) is 11.4 Å². The van der Waals surface area contributed by atoms with E-state index < -0.39 is 5.97 Å². The molecule has 0 fully saturated rings. The number of carboxylic acids is 1. The van der Waals surface area contributed by atoms with Gasteiger partial charge in [-0.3, -0.25) is 14.2 Å². The highest BCUT2D eigenvalue weighted by Crippen LogP contribution is 2.25. The zero-order valence-corrected chi connectivity index (χ0v) is 11.0. The highest BCUT2D eigenvalue weighted by Gasteiger charge is 2.12. The van der Waals surface area contributed by atoms with Crippen molar-refractivity contribution in [1.29, 1.82) is 0 Å². The minimum atomic E-state index is -0.828. The Hall–Kier alpha value is -1.76. The summed E-state index contributed by atoms with van der Waals surface area (Å²) in [5, 5.41) is 18.1. The van der Waals surface area contributed by atoms with Gasteiger partial charge in [0.15, 0.2) is 0 Å². The number of carboxylic acid groups (broad SMARTS) is 1. The lowest BCUT2D eigenvalue weighted by atomic mass is 10.3. The van der Waals surface area contributed by atoms with Crippen LogP contribution in [-0.2, 0) is 18.4 Å². The Balaban J connectivity index is 2.29. The van der Waals surface area contributed by atoms with Crippen LogP contribution in [0.5, 0.6) is 0 Å². The Morgan fingerprint density at radius 3 is 2.89 bits per heavy atom. The minimum Gasteiger partial charge on any atom is -0.481 e. The molecule has 0 bridgehead atoms. The van der Waals surface area contributed by atoms with Gasteiger partial charge in [0.05, 0.1) is 16.5 Å². The Morgan fingerprint density at radius 2 is 2.33 bits per heavy atom. The van der Waals surface area contributed by atoms with Crippen molar-refractivity contribution in [2.45, 2.75) is 18.5 Å². The molecule has 0 saturated heterocycles. The highest BCUT2D eigenvalue weighted by molar-refractivity contribution is 7.99. The van der Waals surface area contributed by atoms with E-state index in [9.17, 15) is 4.79 Å². The molecule has 2 aromatic heterocycles. The summed E-state index contributed by atoms with van der Waals surface area (Å²) in [7, 11) is 1.85. The maximum absolute atomic E-state index is 10.6. The molecule has 0 aliphatic carbocycles. The number of nitrogens with zero attached hydrogens (tertiary/aromatic N) is 4. The Morgan fingerprint density at radius 1 is 1.56 bits per heavy atom. The van der Waals surface area contributed by atoms with Gasteiger partial charge in [-0.15, -0.1) is 0 Å². The summed E-state index contributed by atoms with van der Waals surface area (Å²) in [6, 6.07) is 3.78. The molecule has 96 valence electrons. The molecule has 0 aliphatic rings. The zero-order chi connectivity index (χ0) is 13.1. The summed E-state index contributed by atoms with van der Waals surface area (Å²) < 4.78 is 3.55. The molecule has 0 saturated carbocycles. The fourth-order valence-electron chi connectivity index (χ4n) is 1.63. The fourth-order valence-corrected chi connectivity index (χ4v) is 2.41. The first-order chi connectivity index (χ1) is 8.61. The van der Waals surface area contributed by atoms with Crippen molar-refractivity contribution < 1.29 is 9.90 Å². The molecule has 2 heterocycles. The van der Waals surface area contributed by atoms with E-state index in [0.717, 1.165) is 16.4 Å². The second-order valence-electron chi connectivity index (χ2n) is 3.71. The van der Waals surface area contributed by atoms with Crippen LogP contribution in [0.4, 0.5) is 0 Å². The quantitative estimate of drug-likeness (QED) is 0.830. The van der Waals surface area contributed by atoms with Crippen LogP contribution >= 0.6 is 11.8 Å². The SMILES string of the molecule is CCn1nc(-c2ccnn2C)cc1SCC(=O)O. The van der Waals surface area contributed by atoms with E-state index in [2.05, 4.69) is 10.2 Å². The van der Waals surface area contributed by atoms with E-state index in [-0.39, 0.29) is 5.75 Å². The van der Waals surface area contributed by atoms with Gasteiger partial charge in [0, 0.05) is 19.8 Å². The fraction of sp³-hybridized carbons (Fsp3) is 0.364. The third-order valence-electron chi connectivity index (χ3n) is 2.47. The average molecular weight is 266 g/mol. The molecule has 18 heavy (non-hydrogen) atoms. The van der Waals surface area contributed by atoms with E-state index >= 15 is 0 Å². The highest BCUT2D eigenvalue weighted by atomic mass is 32.2. The molecule has 2 aromatic rings. The van der Waals surface area contributed by atoms with Crippen molar-refractivity contribution in [2.75, 3.05) is 5.75 Å². The molecule has 6 nitrogen and oxygen atoms in total. The molecule has 0 spiro atoms. The minimum absolute atomic E-state index is 0.0382. The van der Waals surface area contributed by atoms with Crippen LogP contribution in [0.2, 0.25) is 0 Å². The first-order valence-corrected chi connectivity index (χ1v) is 6.51. The Bertz CT molecular complexity index is 561. The monoisotopic (exact) mass is 266 g/mol. The van der Waals surface area contributed by atoms with Crippen LogP contribution < -0.4 is 0 Å². The summed E-state index contributed by atoms with van der Waals surface area (Å²) in [4.78, 5) is 10.6. The van der Waals surface area contributed by atoms with Crippen LogP contribution in [0.1, 0.15) is 6.92 Å². The van der Waals surface area contributed by atoms with Gasteiger partial charge in [-0.25, -0.2) is 0 Å². The number of carbonyl (C=O) groups is 1. The summed E-state index contributed by atoms with van der Waals surface area (Å²) in [5.74, 6) is -0.790. The van der Waals surface area contributed by atoms with Crippen molar-refractivity contribution in [1.82, 2.24) is 19.6 Å². The lowest BCUT2D eigenvalue weighted by molar-refractivity contribution is -0.133. The molecule has 0 amide bonds. The van der Waals surface area contributed by atoms with Crippen LogP contribution in [0.25, 0.3) is 11.4 Å². The van der Waals surface area contributed by atoms with Gasteiger partial charge in [0.1, 0.15) is 5.69 Å². The summed E-state index contributed by atoms with van der Waals surface area (Å²) >= 11 is 1.27. The standard InChI is InChI=1S/C11H14N4O2S/c1-3-15-10(18-7-11(16)17)6-8(13-15)9-4-5-12-14(9)2/h4-6H,3,7H2,1-2H3,(H,16,17). The Kier molecular flexibility index (Phi) is 3.71. The number of aromatic nitrogens is 4. The first kappa shape index (κ1) is 12.7.